The van der Waals surface area contributed by atoms with Gasteiger partial charge in [-0.3, -0.25) is 0 Å². The molecular weight excluding hydrogens is 461 g/mol. The Morgan fingerprint density at radius 2 is 1.94 bits per heavy atom. The van der Waals surface area contributed by atoms with E-state index >= 15 is 0 Å². The second-order valence-corrected chi connectivity index (χ2v) is 8.17. The fraction of sp³-hybridized carbons (Fsp3) is 0.375. The number of aryl methyl sites for hydroxylation is 1. The average Bonchev–Trinajstić information content (AvgIpc) is 3.11. The quantitative estimate of drug-likeness (QED) is 0.534. The highest BCUT2D eigenvalue weighted by Gasteiger charge is 2.21. The highest BCUT2D eigenvalue weighted by molar-refractivity contribution is 5.74. The average molecular weight is 489 g/mol. The fourth-order valence-electron chi connectivity index (χ4n) is 4.02. The molecule has 2 aromatic carbocycles. The summed E-state index contributed by atoms with van der Waals surface area (Å²) in [7, 11) is 0. The van der Waals surface area contributed by atoms with Crippen molar-refractivity contribution in [3.8, 4) is 11.4 Å². The molecule has 186 valence electrons. The van der Waals surface area contributed by atoms with E-state index in [1.165, 1.54) is 0 Å². The summed E-state index contributed by atoms with van der Waals surface area (Å²) in [6.07, 6.45) is 2.35. The maximum absolute atomic E-state index is 13.9. The van der Waals surface area contributed by atoms with Crippen LogP contribution in [0.25, 0.3) is 5.69 Å². The molecule has 1 N–H and O–H groups in total. The van der Waals surface area contributed by atoms with E-state index in [-0.39, 0.29) is 12.1 Å². The van der Waals surface area contributed by atoms with Crippen LogP contribution < -0.4 is 15.0 Å². The summed E-state index contributed by atoms with van der Waals surface area (Å²) in [5, 5.41) is 6.92. The maximum atomic E-state index is 13.9. The van der Waals surface area contributed by atoms with Crippen molar-refractivity contribution in [1.29, 1.82) is 0 Å². The first-order chi connectivity index (χ1) is 16.9. The number of rotatable bonds is 6. The van der Waals surface area contributed by atoms with Gasteiger partial charge in [0.15, 0.2) is 11.6 Å². The van der Waals surface area contributed by atoms with Gasteiger partial charge < -0.3 is 19.9 Å². The molecule has 2 heterocycles. The van der Waals surface area contributed by atoms with Crippen LogP contribution in [-0.2, 0) is 6.54 Å². The first-order valence-electron chi connectivity index (χ1n) is 11.4. The SMILES string of the molecule is CCOc1cc(N2CCCN(C(=O)NCc3cc(F)cc(F)c3F)CC2)ccc1-n1cnc(C)n1. The van der Waals surface area contributed by atoms with Crippen molar-refractivity contribution in [2.75, 3.05) is 37.7 Å². The molecule has 0 spiro atoms. The predicted molar refractivity (Wildman–Crippen MR) is 124 cm³/mol. The number of amides is 2. The lowest BCUT2D eigenvalue weighted by Gasteiger charge is -2.25. The monoisotopic (exact) mass is 488 g/mol. The summed E-state index contributed by atoms with van der Waals surface area (Å²) in [6.45, 7) is 6.14. The summed E-state index contributed by atoms with van der Waals surface area (Å²) < 4.78 is 48.2. The maximum Gasteiger partial charge on any atom is 0.317 e. The number of nitrogens with one attached hydrogen (secondary N) is 1. The highest BCUT2D eigenvalue weighted by Crippen LogP contribution is 2.29. The normalized spacial score (nSPS) is 14.1. The molecule has 1 aliphatic heterocycles. The Bertz CT molecular complexity index is 1200. The molecule has 11 heteroatoms. The van der Waals surface area contributed by atoms with Crippen molar-refractivity contribution in [2.24, 2.45) is 0 Å². The minimum absolute atomic E-state index is 0.238. The number of benzene rings is 2. The van der Waals surface area contributed by atoms with Gasteiger partial charge in [0.05, 0.1) is 6.61 Å². The molecular formula is C24H27F3N6O2. The summed E-state index contributed by atoms with van der Waals surface area (Å²) in [4.78, 5) is 20.6. The van der Waals surface area contributed by atoms with Crippen LogP contribution in [0.5, 0.6) is 5.75 Å². The second kappa shape index (κ2) is 10.7. The van der Waals surface area contributed by atoms with Crippen LogP contribution in [-0.4, -0.2) is 58.5 Å². The first-order valence-corrected chi connectivity index (χ1v) is 11.4. The van der Waals surface area contributed by atoms with E-state index < -0.39 is 23.5 Å². The molecule has 1 aliphatic rings. The van der Waals surface area contributed by atoms with E-state index in [0.29, 0.717) is 50.3 Å². The standard InChI is InChI=1S/C24H27F3N6O2/c1-3-35-22-13-19(5-6-21(22)33-15-29-16(2)30-33)31-7-4-8-32(10-9-31)24(34)28-14-17-11-18(25)12-20(26)23(17)27/h5-6,11-13,15H,3-4,7-10,14H2,1-2H3,(H,28,34). The highest BCUT2D eigenvalue weighted by atomic mass is 19.2. The van der Waals surface area contributed by atoms with Crippen molar-refractivity contribution in [3.05, 3.63) is 65.5 Å². The van der Waals surface area contributed by atoms with Crippen molar-refractivity contribution >= 4 is 11.7 Å². The lowest BCUT2D eigenvalue weighted by Crippen LogP contribution is -2.42. The minimum atomic E-state index is -1.28. The van der Waals surface area contributed by atoms with Crippen LogP contribution in [0.15, 0.2) is 36.7 Å². The summed E-state index contributed by atoms with van der Waals surface area (Å²) >= 11 is 0. The fourth-order valence-corrected chi connectivity index (χ4v) is 4.02. The number of carbonyl (C=O) groups is 1. The molecule has 3 aromatic rings. The van der Waals surface area contributed by atoms with Gasteiger partial charge in [0.1, 0.15) is 29.4 Å². The van der Waals surface area contributed by atoms with Gasteiger partial charge in [0, 0.05) is 56.1 Å². The third kappa shape index (κ3) is 5.67. The van der Waals surface area contributed by atoms with Gasteiger partial charge in [-0.2, -0.15) is 5.10 Å². The van der Waals surface area contributed by atoms with E-state index in [2.05, 4.69) is 20.3 Å². The van der Waals surface area contributed by atoms with Gasteiger partial charge in [0.2, 0.25) is 0 Å². The Balaban J connectivity index is 1.41. The summed E-state index contributed by atoms with van der Waals surface area (Å²) in [5.74, 6) is -2.00. The number of aromatic nitrogens is 3. The molecule has 1 saturated heterocycles. The Morgan fingerprint density at radius 3 is 2.69 bits per heavy atom. The number of nitrogens with zero attached hydrogens (tertiary/aromatic N) is 5. The van der Waals surface area contributed by atoms with Crippen molar-refractivity contribution in [1.82, 2.24) is 25.0 Å². The Kier molecular flexibility index (Phi) is 7.42. The van der Waals surface area contributed by atoms with Gasteiger partial charge in [-0.1, -0.05) is 0 Å². The molecule has 0 bridgehead atoms. The lowest BCUT2D eigenvalue weighted by atomic mass is 10.2. The van der Waals surface area contributed by atoms with Crippen LogP contribution >= 0.6 is 0 Å². The van der Waals surface area contributed by atoms with Crippen LogP contribution in [0.3, 0.4) is 0 Å². The smallest absolute Gasteiger partial charge is 0.317 e. The van der Waals surface area contributed by atoms with E-state index in [1.54, 1.807) is 15.9 Å². The molecule has 1 fully saturated rings. The largest absolute Gasteiger partial charge is 0.492 e. The number of anilines is 1. The third-order valence-corrected chi connectivity index (χ3v) is 5.74. The number of hydrogen-bond acceptors (Lipinski definition) is 5. The molecule has 35 heavy (non-hydrogen) atoms. The van der Waals surface area contributed by atoms with Crippen molar-refractivity contribution in [2.45, 2.75) is 26.8 Å². The minimum Gasteiger partial charge on any atom is -0.492 e. The van der Waals surface area contributed by atoms with Crippen LogP contribution in [0.2, 0.25) is 0 Å². The number of ether oxygens (including phenoxy) is 1. The molecule has 4 rings (SSSR count). The van der Waals surface area contributed by atoms with E-state index in [4.69, 9.17) is 4.74 Å². The van der Waals surface area contributed by atoms with Gasteiger partial charge in [0.25, 0.3) is 0 Å². The zero-order chi connectivity index (χ0) is 24.9. The third-order valence-electron chi connectivity index (χ3n) is 5.74. The van der Waals surface area contributed by atoms with Crippen LogP contribution in [0, 0.1) is 24.4 Å². The summed E-state index contributed by atoms with van der Waals surface area (Å²) in [5.41, 5.74) is 1.50. The number of halogens is 3. The molecule has 0 aliphatic carbocycles. The van der Waals surface area contributed by atoms with Crippen molar-refractivity contribution in [3.63, 3.8) is 0 Å². The van der Waals surface area contributed by atoms with E-state index in [0.717, 1.165) is 24.0 Å². The molecule has 0 saturated carbocycles. The van der Waals surface area contributed by atoms with Crippen molar-refractivity contribution < 1.29 is 22.7 Å². The van der Waals surface area contributed by atoms with Gasteiger partial charge in [-0.05, 0) is 38.5 Å². The Morgan fingerprint density at radius 1 is 1.11 bits per heavy atom. The molecule has 8 nitrogen and oxygen atoms in total. The zero-order valence-electron chi connectivity index (χ0n) is 19.6. The Hall–Kier alpha value is -3.76. The number of hydrogen-bond donors (Lipinski definition) is 1. The molecule has 0 unspecified atom stereocenters. The molecule has 2 amide bonds. The van der Waals surface area contributed by atoms with E-state index in [1.807, 2.05) is 32.0 Å². The number of urea groups is 1. The zero-order valence-corrected chi connectivity index (χ0v) is 19.6. The molecule has 0 radical (unpaired) electrons. The molecule has 0 atom stereocenters. The topological polar surface area (TPSA) is 75.5 Å². The van der Waals surface area contributed by atoms with Crippen LogP contribution in [0.4, 0.5) is 23.7 Å². The predicted octanol–water partition coefficient (Wildman–Crippen LogP) is 3.81. The van der Waals surface area contributed by atoms with Gasteiger partial charge >= 0.3 is 6.03 Å². The first kappa shape index (κ1) is 24.4. The van der Waals surface area contributed by atoms with Gasteiger partial charge in [-0.25, -0.2) is 27.6 Å². The van der Waals surface area contributed by atoms with Crippen LogP contribution in [0.1, 0.15) is 24.7 Å². The Labute approximate surface area is 201 Å². The summed E-state index contributed by atoms with van der Waals surface area (Å²) in [6, 6.07) is 6.79. The lowest BCUT2D eigenvalue weighted by molar-refractivity contribution is 0.201. The number of carbonyl (C=O) groups excluding carboxylic acids is 1. The molecule has 1 aromatic heterocycles. The van der Waals surface area contributed by atoms with Gasteiger partial charge in [-0.15, -0.1) is 0 Å². The van der Waals surface area contributed by atoms with E-state index in [9.17, 15) is 18.0 Å². The second-order valence-electron chi connectivity index (χ2n) is 8.17.